The van der Waals surface area contributed by atoms with Gasteiger partial charge in [0.2, 0.25) is 0 Å². The predicted octanol–water partition coefficient (Wildman–Crippen LogP) is 1.28. The number of rotatable bonds is 5. The van der Waals surface area contributed by atoms with Crippen LogP contribution in [0, 0.1) is 6.92 Å². The molecule has 1 atom stereocenters. The summed E-state index contributed by atoms with van der Waals surface area (Å²) in [6.45, 7) is 2.20. The van der Waals surface area contributed by atoms with Crippen molar-refractivity contribution in [2.24, 2.45) is 0 Å². The van der Waals surface area contributed by atoms with Gasteiger partial charge in [-0.2, -0.15) is 0 Å². The lowest BCUT2D eigenvalue weighted by molar-refractivity contribution is 0.0610. The number of nitrogens with zero attached hydrogens (tertiary/aromatic N) is 1. The second-order valence-corrected chi connectivity index (χ2v) is 4.65. The van der Waals surface area contributed by atoms with Crippen molar-refractivity contribution in [3.8, 4) is 0 Å². The van der Waals surface area contributed by atoms with Crippen LogP contribution in [0.1, 0.15) is 16.1 Å². The van der Waals surface area contributed by atoms with E-state index in [-0.39, 0.29) is 19.1 Å². The molecule has 0 saturated heterocycles. The highest BCUT2D eigenvalue weighted by atomic mass is 16.5. The molecule has 1 aromatic carbocycles. The first kappa shape index (κ1) is 14.4. The third kappa shape index (κ3) is 3.31. The van der Waals surface area contributed by atoms with Crippen LogP contribution < -0.4 is 5.32 Å². The van der Waals surface area contributed by atoms with E-state index in [2.05, 4.69) is 10.3 Å². The Bertz CT molecular complexity index is 613. The molecule has 0 aliphatic rings. The Balaban J connectivity index is 2.21. The summed E-state index contributed by atoms with van der Waals surface area (Å²) in [6.07, 6.45) is -0.710. The zero-order valence-corrected chi connectivity index (χ0v) is 11.6. The molecule has 2 N–H and O–H groups in total. The van der Waals surface area contributed by atoms with Crippen molar-refractivity contribution >= 4 is 16.8 Å². The summed E-state index contributed by atoms with van der Waals surface area (Å²) in [5.74, 6) is -0.221. The van der Waals surface area contributed by atoms with E-state index in [9.17, 15) is 9.90 Å². The van der Waals surface area contributed by atoms with Gasteiger partial charge in [-0.15, -0.1) is 0 Å². The van der Waals surface area contributed by atoms with Crippen LogP contribution in [-0.4, -0.2) is 42.4 Å². The SMILES string of the molecule is COCC(O)CNC(=O)c1cc(C)nc2ccccc12. The molecule has 0 spiro atoms. The zero-order chi connectivity index (χ0) is 14.5. The molecular weight excluding hydrogens is 256 g/mol. The van der Waals surface area contributed by atoms with Crippen LogP contribution in [0.25, 0.3) is 10.9 Å². The van der Waals surface area contributed by atoms with Crippen molar-refractivity contribution in [1.29, 1.82) is 0 Å². The molecule has 2 aromatic rings. The van der Waals surface area contributed by atoms with Crippen LogP contribution in [0.2, 0.25) is 0 Å². The maximum Gasteiger partial charge on any atom is 0.252 e. The third-order valence-electron chi connectivity index (χ3n) is 2.95. The largest absolute Gasteiger partial charge is 0.389 e. The maximum atomic E-state index is 12.2. The minimum Gasteiger partial charge on any atom is -0.389 e. The Hall–Kier alpha value is -1.98. The van der Waals surface area contributed by atoms with Crippen molar-refractivity contribution in [1.82, 2.24) is 10.3 Å². The van der Waals surface area contributed by atoms with Gasteiger partial charge in [0.15, 0.2) is 0 Å². The molecule has 106 valence electrons. The molecule has 5 nitrogen and oxygen atoms in total. The molecule has 0 fully saturated rings. The molecule has 0 aliphatic heterocycles. The van der Waals surface area contributed by atoms with E-state index < -0.39 is 6.10 Å². The Morgan fingerprint density at radius 3 is 2.95 bits per heavy atom. The van der Waals surface area contributed by atoms with E-state index >= 15 is 0 Å². The van der Waals surface area contributed by atoms with Gasteiger partial charge in [-0.3, -0.25) is 9.78 Å². The summed E-state index contributed by atoms with van der Waals surface area (Å²) in [5.41, 5.74) is 2.14. The van der Waals surface area contributed by atoms with E-state index in [1.54, 1.807) is 6.07 Å². The summed E-state index contributed by atoms with van der Waals surface area (Å²) in [5, 5.41) is 13.1. The molecule has 0 aliphatic carbocycles. The number of fused-ring (bicyclic) bond motifs is 1. The number of carbonyl (C=O) groups is 1. The lowest BCUT2D eigenvalue weighted by atomic mass is 10.1. The molecule has 20 heavy (non-hydrogen) atoms. The van der Waals surface area contributed by atoms with E-state index in [4.69, 9.17) is 4.74 Å². The second-order valence-electron chi connectivity index (χ2n) is 4.65. The standard InChI is InChI=1S/C15H18N2O3/c1-10-7-13(12-5-3-4-6-14(12)17-10)15(19)16-8-11(18)9-20-2/h3-7,11,18H,8-9H2,1-2H3,(H,16,19). The van der Waals surface area contributed by atoms with Gasteiger partial charge < -0.3 is 15.2 Å². The summed E-state index contributed by atoms with van der Waals surface area (Å²) < 4.78 is 4.82. The first-order valence-electron chi connectivity index (χ1n) is 6.43. The zero-order valence-electron chi connectivity index (χ0n) is 11.6. The number of hydrogen-bond acceptors (Lipinski definition) is 4. The van der Waals surface area contributed by atoms with E-state index in [0.717, 1.165) is 16.6 Å². The molecule has 1 aromatic heterocycles. The van der Waals surface area contributed by atoms with E-state index in [0.29, 0.717) is 5.56 Å². The van der Waals surface area contributed by atoms with E-state index in [1.807, 2.05) is 31.2 Å². The topological polar surface area (TPSA) is 71.5 Å². The number of nitrogens with one attached hydrogen (secondary N) is 1. The van der Waals surface area contributed by atoms with Crippen molar-refractivity contribution < 1.29 is 14.6 Å². The number of para-hydroxylation sites is 1. The number of carbonyl (C=O) groups excluding carboxylic acids is 1. The van der Waals surface area contributed by atoms with Gasteiger partial charge in [0.1, 0.15) is 0 Å². The molecule has 0 saturated carbocycles. The fraction of sp³-hybridized carbons (Fsp3) is 0.333. The number of methoxy groups -OCH3 is 1. The smallest absolute Gasteiger partial charge is 0.252 e. The maximum absolute atomic E-state index is 12.2. The molecule has 1 unspecified atom stereocenters. The van der Waals surface area contributed by atoms with E-state index in [1.165, 1.54) is 7.11 Å². The Kier molecular flexibility index (Phi) is 4.65. The van der Waals surface area contributed by atoms with Gasteiger partial charge >= 0.3 is 0 Å². The number of ether oxygens (including phenoxy) is 1. The lowest BCUT2D eigenvalue weighted by Gasteiger charge is -2.12. The predicted molar refractivity (Wildman–Crippen MR) is 76.7 cm³/mol. The summed E-state index contributed by atoms with van der Waals surface area (Å²) >= 11 is 0. The molecule has 0 bridgehead atoms. The number of pyridine rings is 1. The van der Waals surface area contributed by atoms with Crippen molar-refractivity contribution in [3.63, 3.8) is 0 Å². The monoisotopic (exact) mass is 274 g/mol. The average molecular weight is 274 g/mol. The quantitative estimate of drug-likeness (QED) is 0.861. The van der Waals surface area contributed by atoms with Gasteiger partial charge in [0, 0.05) is 24.7 Å². The number of amides is 1. The van der Waals surface area contributed by atoms with Crippen molar-refractivity contribution in [3.05, 3.63) is 41.6 Å². The summed E-state index contributed by atoms with van der Waals surface area (Å²) in [7, 11) is 1.50. The Morgan fingerprint density at radius 1 is 1.45 bits per heavy atom. The molecule has 1 heterocycles. The minimum absolute atomic E-state index is 0.155. The highest BCUT2D eigenvalue weighted by Crippen LogP contribution is 2.17. The Labute approximate surface area is 117 Å². The van der Waals surface area contributed by atoms with Gasteiger partial charge in [-0.25, -0.2) is 0 Å². The fourth-order valence-corrected chi connectivity index (χ4v) is 2.05. The van der Waals surface area contributed by atoms with Gasteiger partial charge in [-0.05, 0) is 19.1 Å². The third-order valence-corrected chi connectivity index (χ3v) is 2.95. The van der Waals surface area contributed by atoms with Crippen LogP contribution in [-0.2, 0) is 4.74 Å². The van der Waals surface area contributed by atoms with Crippen LogP contribution in [0.3, 0.4) is 0 Å². The van der Waals surface area contributed by atoms with Crippen LogP contribution in [0.15, 0.2) is 30.3 Å². The molecule has 2 rings (SSSR count). The van der Waals surface area contributed by atoms with Crippen molar-refractivity contribution in [2.45, 2.75) is 13.0 Å². The molecule has 5 heteroatoms. The number of aliphatic hydroxyl groups excluding tert-OH is 1. The number of benzene rings is 1. The number of hydrogen-bond donors (Lipinski definition) is 2. The summed E-state index contributed by atoms with van der Waals surface area (Å²) in [4.78, 5) is 16.6. The molecule has 1 amide bonds. The number of aliphatic hydroxyl groups is 1. The van der Waals surface area contributed by atoms with Gasteiger partial charge in [-0.1, -0.05) is 18.2 Å². The summed E-state index contributed by atoms with van der Waals surface area (Å²) in [6, 6.07) is 9.25. The van der Waals surface area contributed by atoms with Crippen LogP contribution in [0.4, 0.5) is 0 Å². The molecule has 0 radical (unpaired) electrons. The highest BCUT2D eigenvalue weighted by molar-refractivity contribution is 6.06. The molecular formula is C15H18N2O3. The fourth-order valence-electron chi connectivity index (χ4n) is 2.05. The Morgan fingerprint density at radius 2 is 2.20 bits per heavy atom. The van der Waals surface area contributed by atoms with Crippen LogP contribution in [0.5, 0.6) is 0 Å². The lowest BCUT2D eigenvalue weighted by Crippen LogP contribution is -2.34. The number of aromatic nitrogens is 1. The van der Waals surface area contributed by atoms with Crippen molar-refractivity contribution in [2.75, 3.05) is 20.3 Å². The first-order valence-corrected chi connectivity index (χ1v) is 6.43. The second kappa shape index (κ2) is 6.45. The number of aryl methyl sites for hydroxylation is 1. The normalized spacial score (nSPS) is 12.3. The first-order chi connectivity index (χ1) is 9.61. The van der Waals surface area contributed by atoms with Gasteiger partial charge in [0.05, 0.1) is 23.8 Å². The van der Waals surface area contributed by atoms with Gasteiger partial charge in [0.25, 0.3) is 5.91 Å². The van der Waals surface area contributed by atoms with Crippen LogP contribution >= 0.6 is 0 Å². The minimum atomic E-state index is -0.710. The average Bonchev–Trinajstić information content (AvgIpc) is 2.44. The highest BCUT2D eigenvalue weighted by Gasteiger charge is 2.13.